The molecule has 8 nitrogen and oxygen atoms in total. The van der Waals surface area contributed by atoms with Crippen LogP contribution < -0.4 is 11.5 Å². The van der Waals surface area contributed by atoms with E-state index in [1.54, 1.807) is 24.3 Å². The molecular formula is C12H12N6O2. The van der Waals surface area contributed by atoms with Gasteiger partial charge in [0.25, 0.3) is 0 Å². The van der Waals surface area contributed by atoms with Crippen LogP contribution in [0.2, 0.25) is 0 Å². The number of hydrogen-bond donors (Lipinski definition) is 2. The Kier molecular flexibility index (Phi) is 4.44. The highest BCUT2D eigenvalue weighted by Crippen LogP contribution is 1.96. The van der Waals surface area contributed by atoms with Gasteiger partial charge >= 0.3 is 0 Å². The van der Waals surface area contributed by atoms with E-state index in [2.05, 4.69) is 20.4 Å². The van der Waals surface area contributed by atoms with Crippen molar-refractivity contribution in [2.45, 2.75) is 0 Å². The Hall–Kier alpha value is -3.16. The van der Waals surface area contributed by atoms with Crippen LogP contribution in [-0.2, 0) is 0 Å². The van der Waals surface area contributed by atoms with Gasteiger partial charge in [-0.05, 0) is 24.3 Å². The summed E-state index contributed by atoms with van der Waals surface area (Å²) in [6, 6.07) is 6.90. The van der Waals surface area contributed by atoms with Gasteiger partial charge in [0.2, 0.25) is 0 Å². The highest BCUT2D eigenvalue weighted by Gasteiger charge is 1.97. The van der Waals surface area contributed by atoms with E-state index < -0.39 is 0 Å². The van der Waals surface area contributed by atoms with E-state index in [0.29, 0.717) is 11.5 Å². The maximum atomic E-state index is 5.57. The van der Waals surface area contributed by atoms with Crippen LogP contribution in [0.4, 0.5) is 0 Å². The minimum Gasteiger partial charge on any atom is -0.463 e. The lowest BCUT2D eigenvalue weighted by molar-refractivity contribution is 0.560. The molecule has 0 aliphatic rings. The van der Waals surface area contributed by atoms with Gasteiger partial charge in [-0.1, -0.05) is 0 Å². The minimum atomic E-state index is -0.0515. The molecule has 0 bridgehead atoms. The average molecular weight is 272 g/mol. The molecule has 0 fully saturated rings. The maximum Gasteiger partial charge on any atom is 0.190 e. The molecule has 2 aromatic heterocycles. The van der Waals surface area contributed by atoms with Crippen LogP contribution in [0.15, 0.2) is 66.0 Å². The molecule has 0 aliphatic carbocycles. The topological polar surface area (TPSA) is 128 Å². The Labute approximate surface area is 114 Å². The standard InChI is InChI=1S/C12H12N6O2/c13-11(17-15-7-9-3-1-5-19-9)12(14)18-16-8-10-4-2-6-20-10/h1-8H,(H2,13,17)(H2,14,18)/b15-7-,16-8-. The summed E-state index contributed by atoms with van der Waals surface area (Å²) in [5.41, 5.74) is 11.1. The zero-order valence-electron chi connectivity index (χ0n) is 10.4. The fourth-order valence-electron chi connectivity index (χ4n) is 1.13. The number of rotatable bonds is 4. The third-order valence-electron chi connectivity index (χ3n) is 2.05. The highest BCUT2D eigenvalue weighted by molar-refractivity contribution is 6.39. The molecule has 0 saturated carbocycles. The predicted octanol–water partition coefficient (Wildman–Crippen LogP) is 0.955. The third-order valence-corrected chi connectivity index (χ3v) is 2.05. The summed E-state index contributed by atoms with van der Waals surface area (Å²) in [5.74, 6) is 0.995. The molecule has 2 rings (SSSR count). The lowest BCUT2D eigenvalue weighted by Crippen LogP contribution is -2.30. The SMILES string of the molecule is NC(=N\N=C/c1ccco1)/C(N)=N\N=C/c1ccco1. The van der Waals surface area contributed by atoms with Crippen LogP contribution in [0.5, 0.6) is 0 Å². The maximum absolute atomic E-state index is 5.57. The second kappa shape index (κ2) is 6.69. The van der Waals surface area contributed by atoms with E-state index in [-0.39, 0.29) is 11.7 Å². The quantitative estimate of drug-likeness (QED) is 0.487. The highest BCUT2D eigenvalue weighted by atomic mass is 16.3. The van der Waals surface area contributed by atoms with Gasteiger partial charge in [-0.15, -0.1) is 10.2 Å². The predicted molar refractivity (Wildman–Crippen MR) is 75.8 cm³/mol. The molecule has 0 radical (unpaired) electrons. The summed E-state index contributed by atoms with van der Waals surface area (Å²) >= 11 is 0. The molecule has 0 aromatic carbocycles. The molecule has 0 saturated heterocycles. The number of nitrogens with zero attached hydrogens (tertiary/aromatic N) is 4. The summed E-state index contributed by atoms with van der Waals surface area (Å²) < 4.78 is 10.1. The Morgan fingerprint density at radius 2 is 1.30 bits per heavy atom. The lowest BCUT2D eigenvalue weighted by Gasteiger charge is -1.93. The number of furan rings is 2. The molecule has 2 aromatic rings. The molecule has 0 unspecified atom stereocenters. The van der Waals surface area contributed by atoms with Gasteiger partial charge in [0.05, 0.1) is 25.0 Å². The molecule has 0 aliphatic heterocycles. The van der Waals surface area contributed by atoms with Crippen molar-refractivity contribution in [2.24, 2.45) is 31.9 Å². The van der Waals surface area contributed by atoms with Gasteiger partial charge in [0, 0.05) is 0 Å². The van der Waals surface area contributed by atoms with E-state index in [9.17, 15) is 0 Å². The van der Waals surface area contributed by atoms with Crippen LogP contribution in [0.25, 0.3) is 0 Å². The third kappa shape index (κ3) is 3.95. The monoisotopic (exact) mass is 272 g/mol. The van der Waals surface area contributed by atoms with Crippen LogP contribution in [0.1, 0.15) is 11.5 Å². The molecule has 2 heterocycles. The molecule has 20 heavy (non-hydrogen) atoms. The largest absolute Gasteiger partial charge is 0.463 e. The number of hydrogen-bond acceptors (Lipinski definition) is 6. The van der Waals surface area contributed by atoms with Gasteiger partial charge in [-0.2, -0.15) is 10.2 Å². The first-order valence-electron chi connectivity index (χ1n) is 5.56. The Bertz CT molecular complexity index is 579. The van der Waals surface area contributed by atoms with Crippen LogP contribution >= 0.6 is 0 Å². The van der Waals surface area contributed by atoms with Crippen molar-refractivity contribution in [1.29, 1.82) is 0 Å². The second-order valence-corrected chi connectivity index (χ2v) is 3.49. The van der Waals surface area contributed by atoms with Crippen molar-refractivity contribution in [2.75, 3.05) is 0 Å². The first-order valence-corrected chi connectivity index (χ1v) is 5.56. The Morgan fingerprint density at radius 3 is 1.65 bits per heavy atom. The van der Waals surface area contributed by atoms with E-state index in [1.165, 1.54) is 25.0 Å². The smallest absolute Gasteiger partial charge is 0.190 e. The number of nitrogens with two attached hydrogens (primary N) is 2. The van der Waals surface area contributed by atoms with Crippen molar-refractivity contribution in [3.05, 3.63) is 48.3 Å². The second-order valence-electron chi connectivity index (χ2n) is 3.49. The van der Waals surface area contributed by atoms with Crippen molar-refractivity contribution >= 4 is 24.1 Å². The summed E-state index contributed by atoms with van der Waals surface area (Å²) in [4.78, 5) is 0. The van der Waals surface area contributed by atoms with E-state index in [1.807, 2.05) is 0 Å². The summed E-state index contributed by atoms with van der Waals surface area (Å²) in [6.07, 6.45) is 5.83. The van der Waals surface area contributed by atoms with Gasteiger partial charge in [-0.3, -0.25) is 0 Å². The molecule has 102 valence electrons. The average Bonchev–Trinajstić information content (AvgIpc) is 3.11. The van der Waals surface area contributed by atoms with Crippen molar-refractivity contribution < 1.29 is 8.83 Å². The molecular weight excluding hydrogens is 260 g/mol. The summed E-state index contributed by atoms with van der Waals surface area (Å²) in [5, 5.41) is 14.7. The van der Waals surface area contributed by atoms with Crippen LogP contribution in [-0.4, -0.2) is 24.1 Å². The van der Waals surface area contributed by atoms with Gasteiger partial charge in [-0.25, -0.2) is 0 Å². The van der Waals surface area contributed by atoms with Crippen molar-refractivity contribution in [3.63, 3.8) is 0 Å². The van der Waals surface area contributed by atoms with Crippen molar-refractivity contribution in [1.82, 2.24) is 0 Å². The Morgan fingerprint density at radius 1 is 0.850 bits per heavy atom. The van der Waals surface area contributed by atoms with E-state index >= 15 is 0 Å². The molecule has 0 atom stereocenters. The molecule has 0 amide bonds. The normalized spacial score (nSPS) is 13.6. The van der Waals surface area contributed by atoms with E-state index in [4.69, 9.17) is 20.3 Å². The van der Waals surface area contributed by atoms with Crippen molar-refractivity contribution in [3.8, 4) is 0 Å². The fraction of sp³-hybridized carbons (Fsp3) is 0. The molecule has 8 heteroatoms. The van der Waals surface area contributed by atoms with Crippen LogP contribution in [0, 0.1) is 0 Å². The zero-order chi connectivity index (χ0) is 14.2. The minimum absolute atomic E-state index is 0.0515. The van der Waals surface area contributed by atoms with E-state index in [0.717, 1.165) is 0 Å². The molecule has 0 spiro atoms. The van der Waals surface area contributed by atoms with Crippen LogP contribution in [0.3, 0.4) is 0 Å². The number of amidine groups is 2. The first kappa shape index (κ1) is 13.3. The zero-order valence-corrected chi connectivity index (χ0v) is 10.4. The first-order chi connectivity index (χ1) is 9.75. The molecule has 4 N–H and O–H groups in total. The lowest BCUT2D eigenvalue weighted by atomic mass is 10.5. The van der Waals surface area contributed by atoms with Gasteiger partial charge < -0.3 is 20.3 Å². The Balaban J connectivity index is 1.95. The summed E-state index contributed by atoms with van der Waals surface area (Å²) in [7, 11) is 0. The fourth-order valence-corrected chi connectivity index (χ4v) is 1.13. The van der Waals surface area contributed by atoms with Gasteiger partial charge in [0.1, 0.15) is 11.5 Å². The summed E-state index contributed by atoms with van der Waals surface area (Å²) in [6.45, 7) is 0. The van der Waals surface area contributed by atoms with Gasteiger partial charge in [0.15, 0.2) is 11.7 Å².